The van der Waals surface area contributed by atoms with Gasteiger partial charge in [-0.1, -0.05) is 0 Å². The van der Waals surface area contributed by atoms with Gasteiger partial charge in [0.05, 0.1) is 13.1 Å². The Balaban J connectivity index is 3.86. The van der Waals surface area contributed by atoms with Gasteiger partial charge >= 0.3 is 11.9 Å². The molecular weight excluding hydrogens is 216 g/mol. The van der Waals surface area contributed by atoms with Crippen molar-refractivity contribution in [1.29, 1.82) is 0 Å². The summed E-state index contributed by atoms with van der Waals surface area (Å²) >= 11 is 0. The molecule has 1 amide bonds. The zero-order chi connectivity index (χ0) is 12.6. The number of rotatable bonds is 8. The molecule has 0 saturated heterocycles. The molecule has 0 aliphatic rings. The van der Waals surface area contributed by atoms with Crippen LogP contribution in [-0.4, -0.2) is 59.1 Å². The van der Waals surface area contributed by atoms with Crippen LogP contribution in [0.1, 0.15) is 13.3 Å². The summed E-state index contributed by atoms with van der Waals surface area (Å²) in [5.41, 5.74) is 0. The second-order valence-electron chi connectivity index (χ2n) is 3.33. The molecule has 0 aliphatic heterocycles. The minimum absolute atomic E-state index is 0.164. The lowest BCUT2D eigenvalue weighted by Gasteiger charge is -2.17. The third-order valence-electron chi connectivity index (χ3n) is 1.74. The largest absolute Gasteiger partial charge is 0.480 e. The standard InChI is InChI=1S/C9H16N2O5/c1-7(12)10-3-2-4-11(5-8(13)14)6-9(15)16/h2-6H2,1H3,(H,10,12)(H,13,14)(H,15,16). The maximum atomic E-state index is 10.5. The number of hydrogen-bond acceptors (Lipinski definition) is 4. The third kappa shape index (κ3) is 8.95. The summed E-state index contributed by atoms with van der Waals surface area (Å²) in [6.45, 7) is 1.48. The average molecular weight is 232 g/mol. The van der Waals surface area contributed by atoms with E-state index in [4.69, 9.17) is 10.2 Å². The molecule has 7 nitrogen and oxygen atoms in total. The Morgan fingerprint density at radius 2 is 1.62 bits per heavy atom. The van der Waals surface area contributed by atoms with Crippen molar-refractivity contribution in [2.75, 3.05) is 26.2 Å². The van der Waals surface area contributed by atoms with Crippen LogP contribution in [-0.2, 0) is 14.4 Å². The topological polar surface area (TPSA) is 107 Å². The molecule has 0 aromatic carbocycles. The first-order valence-electron chi connectivity index (χ1n) is 4.82. The van der Waals surface area contributed by atoms with Crippen LogP contribution >= 0.6 is 0 Å². The van der Waals surface area contributed by atoms with E-state index in [1.807, 2.05) is 0 Å². The third-order valence-corrected chi connectivity index (χ3v) is 1.74. The highest BCUT2D eigenvalue weighted by Crippen LogP contribution is 1.91. The van der Waals surface area contributed by atoms with E-state index in [2.05, 4.69) is 5.32 Å². The van der Waals surface area contributed by atoms with E-state index in [1.54, 1.807) is 0 Å². The molecule has 92 valence electrons. The Morgan fingerprint density at radius 1 is 1.12 bits per heavy atom. The number of carboxylic acids is 2. The van der Waals surface area contributed by atoms with Crippen LogP contribution in [0.5, 0.6) is 0 Å². The lowest BCUT2D eigenvalue weighted by atomic mass is 10.3. The van der Waals surface area contributed by atoms with Gasteiger partial charge in [-0.05, 0) is 6.42 Å². The van der Waals surface area contributed by atoms with Crippen LogP contribution in [0.4, 0.5) is 0 Å². The number of nitrogens with one attached hydrogen (secondary N) is 1. The first-order valence-corrected chi connectivity index (χ1v) is 4.82. The molecule has 0 heterocycles. The molecule has 0 aliphatic carbocycles. The minimum Gasteiger partial charge on any atom is -0.480 e. The SMILES string of the molecule is CC(=O)NCCCN(CC(=O)O)CC(=O)O. The van der Waals surface area contributed by atoms with Crippen molar-refractivity contribution >= 4 is 17.8 Å². The van der Waals surface area contributed by atoms with E-state index in [9.17, 15) is 14.4 Å². The van der Waals surface area contributed by atoms with Crippen molar-refractivity contribution in [2.24, 2.45) is 0 Å². The van der Waals surface area contributed by atoms with Gasteiger partial charge in [-0.3, -0.25) is 19.3 Å². The number of amides is 1. The maximum Gasteiger partial charge on any atom is 0.317 e. The molecule has 0 spiro atoms. The van der Waals surface area contributed by atoms with Gasteiger partial charge in [-0.15, -0.1) is 0 Å². The molecule has 0 aromatic rings. The fourth-order valence-electron chi connectivity index (χ4n) is 1.16. The van der Waals surface area contributed by atoms with Crippen molar-refractivity contribution in [3.8, 4) is 0 Å². The minimum atomic E-state index is -1.07. The highest BCUT2D eigenvalue weighted by molar-refractivity contribution is 5.73. The molecule has 0 unspecified atom stereocenters. The van der Waals surface area contributed by atoms with Crippen molar-refractivity contribution in [2.45, 2.75) is 13.3 Å². The highest BCUT2D eigenvalue weighted by atomic mass is 16.4. The predicted octanol–water partition coefficient (Wildman–Crippen LogP) is -1.02. The summed E-state index contributed by atoms with van der Waals surface area (Å²) in [4.78, 5) is 32.7. The van der Waals surface area contributed by atoms with Crippen molar-refractivity contribution < 1.29 is 24.6 Å². The first-order chi connectivity index (χ1) is 7.41. The molecule has 0 radical (unpaired) electrons. The average Bonchev–Trinajstić information content (AvgIpc) is 2.09. The first kappa shape index (κ1) is 14.4. The highest BCUT2D eigenvalue weighted by Gasteiger charge is 2.12. The Bertz CT molecular complexity index is 251. The second kappa shape index (κ2) is 7.63. The number of carboxylic acid groups (broad SMARTS) is 2. The molecule has 16 heavy (non-hydrogen) atoms. The fourth-order valence-corrected chi connectivity index (χ4v) is 1.16. The quantitative estimate of drug-likeness (QED) is 0.463. The van der Waals surface area contributed by atoms with E-state index >= 15 is 0 Å². The summed E-state index contributed by atoms with van der Waals surface area (Å²) in [6, 6.07) is 0. The number of nitrogens with zero attached hydrogens (tertiary/aromatic N) is 1. The maximum absolute atomic E-state index is 10.5. The van der Waals surface area contributed by atoms with Gasteiger partial charge in [-0.25, -0.2) is 0 Å². The lowest BCUT2D eigenvalue weighted by molar-refractivity contribution is -0.141. The summed E-state index contributed by atoms with van der Waals surface area (Å²) in [7, 11) is 0. The van der Waals surface area contributed by atoms with Gasteiger partial charge in [0.15, 0.2) is 0 Å². The van der Waals surface area contributed by atoms with Crippen molar-refractivity contribution in [1.82, 2.24) is 10.2 Å². The van der Waals surface area contributed by atoms with Crippen LogP contribution in [0.25, 0.3) is 0 Å². The molecule has 0 fully saturated rings. The molecule has 0 rings (SSSR count). The zero-order valence-corrected chi connectivity index (χ0v) is 9.10. The summed E-state index contributed by atoms with van der Waals surface area (Å²) in [5, 5.41) is 19.6. The van der Waals surface area contributed by atoms with Gasteiger partial charge in [0.2, 0.25) is 5.91 Å². The molecule has 0 atom stereocenters. The Hall–Kier alpha value is -1.63. The second-order valence-corrected chi connectivity index (χ2v) is 3.33. The van der Waals surface area contributed by atoms with Gasteiger partial charge in [0.25, 0.3) is 0 Å². The Labute approximate surface area is 93.0 Å². The number of carbonyl (C=O) groups excluding carboxylic acids is 1. The van der Waals surface area contributed by atoms with Crippen LogP contribution in [0.15, 0.2) is 0 Å². The predicted molar refractivity (Wildman–Crippen MR) is 55.0 cm³/mol. The Morgan fingerprint density at radius 3 is 2.00 bits per heavy atom. The van der Waals surface area contributed by atoms with Gasteiger partial charge < -0.3 is 15.5 Å². The summed E-state index contributed by atoms with van der Waals surface area (Å²) in [6.07, 6.45) is 0.514. The number of hydrogen-bond donors (Lipinski definition) is 3. The van der Waals surface area contributed by atoms with Gasteiger partial charge in [-0.2, -0.15) is 0 Å². The molecule has 7 heteroatoms. The van der Waals surface area contributed by atoms with E-state index in [0.717, 1.165) is 0 Å². The van der Waals surface area contributed by atoms with Crippen molar-refractivity contribution in [3.05, 3.63) is 0 Å². The summed E-state index contributed by atoms with van der Waals surface area (Å²) in [5.74, 6) is -2.30. The van der Waals surface area contributed by atoms with Crippen LogP contribution < -0.4 is 5.32 Å². The van der Waals surface area contributed by atoms with E-state index in [1.165, 1.54) is 11.8 Å². The number of carbonyl (C=O) groups is 3. The van der Waals surface area contributed by atoms with E-state index < -0.39 is 11.9 Å². The molecule has 0 saturated carbocycles. The molecule has 3 N–H and O–H groups in total. The summed E-state index contributed by atoms with van der Waals surface area (Å²) < 4.78 is 0. The molecular formula is C9H16N2O5. The molecule has 0 bridgehead atoms. The smallest absolute Gasteiger partial charge is 0.317 e. The van der Waals surface area contributed by atoms with Gasteiger partial charge in [0.1, 0.15) is 0 Å². The zero-order valence-electron chi connectivity index (χ0n) is 9.10. The van der Waals surface area contributed by atoms with Crippen LogP contribution in [0.2, 0.25) is 0 Å². The van der Waals surface area contributed by atoms with E-state index in [0.29, 0.717) is 19.5 Å². The van der Waals surface area contributed by atoms with E-state index in [-0.39, 0.29) is 19.0 Å². The fraction of sp³-hybridized carbons (Fsp3) is 0.667. The van der Waals surface area contributed by atoms with Crippen molar-refractivity contribution in [3.63, 3.8) is 0 Å². The van der Waals surface area contributed by atoms with Crippen LogP contribution in [0, 0.1) is 0 Å². The normalized spacial score (nSPS) is 10.1. The van der Waals surface area contributed by atoms with Crippen LogP contribution in [0.3, 0.4) is 0 Å². The monoisotopic (exact) mass is 232 g/mol. The molecule has 0 aromatic heterocycles. The lowest BCUT2D eigenvalue weighted by Crippen LogP contribution is -2.36. The Kier molecular flexibility index (Phi) is 6.86. The number of aliphatic carboxylic acids is 2. The van der Waals surface area contributed by atoms with Gasteiger partial charge in [0, 0.05) is 20.0 Å².